The van der Waals surface area contributed by atoms with E-state index in [2.05, 4.69) is 21.3 Å². The standard InChI is InChI=1S/C24H18N4O2S/c25-14-19-21(16-7-3-1-4-8-16)22(17-9-5-2-6-10-17)30-23(19)27-20(29)13-18-15-31-24-26-11-12-28(18)24/h1-10,15H,11-13H2,(H,27,29). The Morgan fingerprint density at radius 2 is 1.84 bits per heavy atom. The molecule has 31 heavy (non-hydrogen) atoms. The van der Waals surface area contributed by atoms with Gasteiger partial charge in [0.25, 0.3) is 0 Å². The summed E-state index contributed by atoms with van der Waals surface area (Å²) in [5, 5.41) is 15.7. The van der Waals surface area contributed by atoms with Crippen molar-refractivity contribution in [1.82, 2.24) is 4.90 Å². The molecule has 0 atom stereocenters. The predicted molar refractivity (Wildman–Crippen MR) is 122 cm³/mol. The van der Waals surface area contributed by atoms with E-state index in [-0.39, 0.29) is 18.2 Å². The number of rotatable bonds is 5. The Kier molecular flexibility index (Phi) is 5.06. The number of carbonyl (C=O) groups excluding carboxylic acids is 1. The van der Waals surface area contributed by atoms with Crippen LogP contribution in [-0.4, -0.2) is 29.1 Å². The lowest BCUT2D eigenvalue weighted by Crippen LogP contribution is -2.24. The van der Waals surface area contributed by atoms with Crippen LogP contribution in [0.3, 0.4) is 0 Å². The number of aliphatic imine (C=N–C) groups is 1. The lowest BCUT2D eigenvalue weighted by Gasteiger charge is -2.15. The lowest BCUT2D eigenvalue weighted by molar-refractivity contribution is -0.115. The van der Waals surface area contributed by atoms with E-state index in [0.29, 0.717) is 16.9 Å². The molecule has 1 aromatic heterocycles. The zero-order chi connectivity index (χ0) is 21.2. The van der Waals surface area contributed by atoms with Gasteiger partial charge in [0.15, 0.2) is 5.17 Å². The van der Waals surface area contributed by atoms with Crippen molar-refractivity contribution in [2.75, 3.05) is 18.4 Å². The normalized spacial score (nSPS) is 14.6. The minimum absolute atomic E-state index is 0.173. The second-order valence-electron chi connectivity index (χ2n) is 7.12. The molecule has 0 bridgehead atoms. The summed E-state index contributed by atoms with van der Waals surface area (Å²) in [6.45, 7) is 1.54. The topological polar surface area (TPSA) is 81.6 Å². The molecule has 1 amide bonds. The third-order valence-corrected chi connectivity index (χ3v) is 6.11. The minimum atomic E-state index is -0.232. The molecule has 2 aliphatic heterocycles. The second kappa shape index (κ2) is 8.17. The number of hydrogen-bond donors (Lipinski definition) is 1. The van der Waals surface area contributed by atoms with Gasteiger partial charge in [-0.15, -0.1) is 0 Å². The largest absolute Gasteiger partial charge is 0.438 e. The zero-order valence-electron chi connectivity index (χ0n) is 16.5. The summed E-state index contributed by atoms with van der Waals surface area (Å²) in [6.07, 6.45) is 0.193. The van der Waals surface area contributed by atoms with Crippen molar-refractivity contribution in [3.05, 3.63) is 77.3 Å². The number of carbonyl (C=O) groups is 1. The Labute approximate surface area is 183 Å². The monoisotopic (exact) mass is 426 g/mol. The minimum Gasteiger partial charge on any atom is -0.438 e. The summed E-state index contributed by atoms with van der Waals surface area (Å²) in [5.41, 5.74) is 3.60. The van der Waals surface area contributed by atoms with Gasteiger partial charge in [0.1, 0.15) is 17.4 Å². The molecule has 0 unspecified atom stereocenters. The summed E-state index contributed by atoms with van der Waals surface area (Å²) in [7, 11) is 0. The fourth-order valence-electron chi connectivity index (χ4n) is 3.75. The van der Waals surface area contributed by atoms with Crippen molar-refractivity contribution in [3.63, 3.8) is 0 Å². The molecule has 0 fully saturated rings. The second-order valence-corrected chi connectivity index (χ2v) is 7.96. The highest BCUT2D eigenvalue weighted by Crippen LogP contribution is 2.41. The maximum Gasteiger partial charge on any atom is 0.232 e. The maximum absolute atomic E-state index is 12.8. The van der Waals surface area contributed by atoms with E-state index in [4.69, 9.17) is 4.42 Å². The molecule has 2 aliphatic rings. The number of amidine groups is 1. The maximum atomic E-state index is 12.8. The molecule has 0 saturated carbocycles. The first-order valence-electron chi connectivity index (χ1n) is 9.90. The Morgan fingerprint density at radius 1 is 1.13 bits per heavy atom. The number of nitrogens with one attached hydrogen (secondary N) is 1. The summed E-state index contributed by atoms with van der Waals surface area (Å²) in [4.78, 5) is 19.3. The number of thioether (sulfide) groups is 1. The first-order valence-corrected chi connectivity index (χ1v) is 10.8. The smallest absolute Gasteiger partial charge is 0.232 e. The SMILES string of the molecule is N#Cc1c(NC(=O)CC2=CSC3=NCCN23)oc(-c2ccccc2)c1-c1ccccc1. The molecule has 0 aliphatic carbocycles. The highest BCUT2D eigenvalue weighted by atomic mass is 32.2. The molecule has 5 rings (SSSR count). The predicted octanol–water partition coefficient (Wildman–Crippen LogP) is 5.07. The Bertz CT molecular complexity index is 1240. The van der Waals surface area contributed by atoms with E-state index in [1.807, 2.05) is 66.1 Å². The molecular weight excluding hydrogens is 408 g/mol. The van der Waals surface area contributed by atoms with Gasteiger partial charge >= 0.3 is 0 Å². The molecule has 2 aromatic carbocycles. The number of fused-ring (bicyclic) bond motifs is 1. The van der Waals surface area contributed by atoms with Crippen LogP contribution in [0.15, 0.2) is 81.2 Å². The van der Waals surface area contributed by atoms with Crippen LogP contribution in [0.2, 0.25) is 0 Å². The number of anilines is 1. The van der Waals surface area contributed by atoms with E-state index in [1.165, 1.54) is 11.8 Å². The Hall–Kier alpha value is -3.76. The third kappa shape index (κ3) is 3.62. The number of furan rings is 1. The number of amides is 1. The quantitative estimate of drug-likeness (QED) is 0.616. The summed E-state index contributed by atoms with van der Waals surface area (Å²) in [6, 6.07) is 21.4. The van der Waals surface area contributed by atoms with Crippen molar-refractivity contribution in [3.8, 4) is 28.5 Å². The molecular formula is C24H18N4O2S. The van der Waals surface area contributed by atoms with Crippen molar-refractivity contribution >= 4 is 28.7 Å². The molecule has 3 heterocycles. The molecule has 3 aromatic rings. The molecule has 0 spiro atoms. The van der Waals surface area contributed by atoms with Crippen LogP contribution in [0.5, 0.6) is 0 Å². The van der Waals surface area contributed by atoms with Crippen LogP contribution in [-0.2, 0) is 4.79 Å². The van der Waals surface area contributed by atoms with Gasteiger partial charge in [-0.2, -0.15) is 5.26 Å². The van der Waals surface area contributed by atoms with E-state index >= 15 is 0 Å². The summed E-state index contributed by atoms with van der Waals surface area (Å²) >= 11 is 1.54. The zero-order valence-corrected chi connectivity index (χ0v) is 17.4. The van der Waals surface area contributed by atoms with E-state index < -0.39 is 0 Å². The van der Waals surface area contributed by atoms with Gasteiger partial charge in [-0.05, 0) is 11.0 Å². The third-order valence-electron chi connectivity index (χ3n) is 5.16. The fourth-order valence-corrected chi connectivity index (χ4v) is 4.70. The van der Waals surface area contributed by atoms with E-state index in [1.54, 1.807) is 0 Å². The van der Waals surface area contributed by atoms with Crippen molar-refractivity contribution in [1.29, 1.82) is 5.26 Å². The van der Waals surface area contributed by atoms with Crippen molar-refractivity contribution < 1.29 is 9.21 Å². The van der Waals surface area contributed by atoms with Crippen LogP contribution in [0.25, 0.3) is 22.5 Å². The van der Waals surface area contributed by atoms with Gasteiger partial charge < -0.3 is 9.32 Å². The lowest BCUT2D eigenvalue weighted by atomic mass is 9.98. The first kappa shape index (κ1) is 19.2. The van der Waals surface area contributed by atoms with Gasteiger partial charge in [0.05, 0.1) is 13.0 Å². The molecule has 1 N–H and O–H groups in total. The average Bonchev–Trinajstić information content (AvgIpc) is 3.51. The van der Waals surface area contributed by atoms with Gasteiger partial charge in [-0.25, -0.2) is 0 Å². The Morgan fingerprint density at radius 3 is 2.55 bits per heavy atom. The first-order chi connectivity index (χ1) is 15.2. The van der Waals surface area contributed by atoms with Crippen LogP contribution < -0.4 is 5.32 Å². The summed E-state index contributed by atoms with van der Waals surface area (Å²) < 4.78 is 6.08. The van der Waals surface area contributed by atoms with Gasteiger partial charge in [0, 0.05) is 23.4 Å². The van der Waals surface area contributed by atoms with Gasteiger partial charge in [-0.1, -0.05) is 72.4 Å². The van der Waals surface area contributed by atoms with Gasteiger partial charge in [0.2, 0.25) is 11.8 Å². The van der Waals surface area contributed by atoms with Crippen LogP contribution >= 0.6 is 11.8 Å². The molecule has 6 nitrogen and oxygen atoms in total. The molecule has 0 saturated heterocycles. The summed E-state index contributed by atoms with van der Waals surface area (Å²) in [5.74, 6) is 0.500. The van der Waals surface area contributed by atoms with Crippen LogP contribution in [0.1, 0.15) is 12.0 Å². The van der Waals surface area contributed by atoms with Gasteiger partial charge in [-0.3, -0.25) is 15.1 Å². The van der Waals surface area contributed by atoms with E-state index in [0.717, 1.165) is 35.1 Å². The van der Waals surface area contributed by atoms with Crippen LogP contribution in [0.4, 0.5) is 5.88 Å². The highest BCUT2D eigenvalue weighted by molar-refractivity contribution is 8.16. The average molecular weight is 427 g/mol. The van der Waals surface area contributed by atoms with Crippen molar-refractivity contribution in [2.45, 2.75) is 6.42 Å². The molecule has 152 valence electrons. The highest BCUT2D eigenvalue weighted by Gasteiger charge is 2.29. The number of hydrogen-bond acceptors (Lipinski definition) is 6. The number of nitrogens with zero attached hydrogens (tertiary/aromatic N) is 3. The molecule has 0 radical (unpaired) electrons. The number of benzene rings is 2. The Balaban J connectivity index is 1.49. The fraction of sp³-hybridized carbons (Fsp3) is 0.125. The molecule has 7 heteroatoms. The van der Waals surface area contributed by atoms with Crippen LogP contribution in [0, 0.1) is 11.3 Å². The number of nitriles is 1. The van der Waals surface area contributed by atoms with Crippen molar-refractivity contribution in [2.24, 2.45) is 4.99 Å². The van der Waals surface area contributed by atoms with E-state index in [9.17, 15) is 10.1 Å².